The number of benzene rings is 9. The zero-order valence-electron chi connectivity index (χ0n) is 28.5. The molecule has 12 aromatic rings. The van der Waals surface area contributed by atoms with Crippen molar-refractivity contribution >= 4 is 87.1 Å². The van der Waals surface area contributed by atoms with Crippen molar-refractivity contribution in [2.75, 3.05) is 0 Å². The largest absolute Gasteiger partial charge is 0.456 e. The van der Waals surface area contributed by atoms with Crippen LogP contribution in [0.15, 0.2) is 174 Å². The number of para-hydroxylation sites is 2. The van der Waals surface area contributed by atoms with Gasteiger partial charge in [-0.15, -0.1) is 0 Å². The first-order valence-electron chi connectivity index (χ1n) is 18.3. The Bertz CT molecular complexity index is 3540. The van der Waals surface area contributed by atoms with Gasteiger partial charge in [0.15, 0.2) is 0 Å². The van der Waals surface area contributed by atoms with E-state index in [0.717, 1.165) is 33.1 Å². The van der Waals surface area contributed by atoms with Crippen molar-refractivity contribution in [3.8, 4) is 33.6 Å². The van der Waals surface area contributed by atoms with Gasteiger partial charge in [0.2, 0.25) is 0 Å². The summed E-state index contributed by atoms with van der Waals surface area (Å²) in [6.07, 6.45) is 0. The lowest BCUT2D eigenvalue weighted by Gasteiger charge is -2.16. The summed E-state index contributed by atoms with van der Waals surface area (Å²) < 4.78 is 11.6. The Hall–Kier alpha value is -7.10. The third-order valence-electron chi connectivity index (χ3n) is 11.8. The van der Waals surface area contributed by atoms with Crippen molar-refractivity contribution in [3.05, 3.63) is 170 Å². The van der Waals surface area contributed by atoms with Gasteiger partial charge < -0.3 is 13.6 Å². The van der Waals surface area contributed by atoms with Crippen LogP contribution >= 0.6 is 0 Å². The average Bonchev–Trinajstić information content (AvgIpc) is 3.95. The molecule has 0 radical (unpaired) electrons. The molecule has 0 unspecified atom stereocenters. The summed E-state index contributed by atoms with van der Waals surface area (Å²) in [4.78, 5) is 0. The van der Waals surface area contributed by atoms with Gasteiger partial charge in [-0.2, -0.15) is 0 Å². The van der Waals surface area contributed by atoms with E-state index in [-0.39, 0.29) is 0 Å². The monoisotopic (exact) mass is 672 g/mol. The molecule has 0 fully saturated rings. The summed E-state index contributed by atoms with van der Waals surface area (Å²) in [7, 11) is 0. The average molecular weight is 673 g/mol. The Balaban J connectivity index is 1.29. The topological polar surface area (TPSA) is 23.0 Å². The summed E-state index contributed by atoms with van der Waals surface area (Å²) in [5, 5.41) is 12.2. The lowest BCUT2D eigenvalue weighted by atomic mass is 10.0. The van der Waals surface area contributed by atoms with E-state index in [1.807, 2.05) is 0 Å². The standard InChI is InChI=1S/C50H28N2O/c1-2-13-30-29(11-1)12-9-21-40(30)52-43-27-28-45-48(38-17-6-8-22-44(38)53-45)47(43)39-24-23-36-33-16-5-7-20-41(33)51(49(36)50(39)52)42-26-25-35-32-15-4-3-14-31(32)34-18-10-19-37(42)46(34)35/h1-28H. The minimum Gasteiger partial charge on any atom is -0.456 e. The fourth-order valence-electron chi connectivity index (χ4n) is 9.75. The number of hydrogen-bond donors (Lipinski definition) is 0. The smallest absolute Gasteiger partial charge is 0.136 e. The zero-order chi connectivity index (χ0) is 34.4. The quantitative estimate of drug-likeness (QED) is 0.179. The minimum atomic E-state index is 0.906. The van der Waals surface area contributed by atoms with Crippen LogP contribution in [-0.2, 0) is 0 Å². The van der Waals surface area contributed by atoms with Crippen LogP contribution in [0.3, 0.4) is 0 Å². The summed E-state index contributed by atoms with van der Waals surface area (Å²) in [6.45, 7) is 0. The lowest BCUT2D eigenvalue weighted by molar-refractivity contribution is 0.669. The van der Waals surface area contributed by atoms with Crippen LogP contribution < -0.4 is 0 Å². The molecular weight excluding hydrogens is 645 g/mol. The molecule has 244 valence electrons. The molecule has 3 aromatic heterocycles. The highest BCUT2D eigenvalue weighted by molar-refractivity contribution is 6.32. The van der Waals surface area contributed by atoms with Crippen molar-refractivity contribution in [2.45, 2.75) is 0 Å². The van der Waals surface area contributed by atoms with E-state index >= 15 is 0 Å². The predicted molar refractivity (Wildman–Crippen MR) is 222 cm³/mol. The maximum absolute atomic E-state index is 6.51. The third-order valence-corrected chi connectivity index (χ3v) is 11.8. The molecular formula is C50H28N2O. The molecule has 1 aliphatic carbocycles. The van der Waals surface area contributed by atoms with Gasteiger partial charge in [-0.25, -0.2) is 0 Å². The van der Waals surface area contributed by atoms with Gasteiger partial charge in [-0.05, 0) is 69.4 Å². The number of hydrogen-bond acceptors (Lipinski definition) is 1. The molecule has 13 rings (SSSR count). The highest BCUT2D eigenvalue weighted by Crippen LogP contribution is 2.51. The molecule has 0 aliphatic heterocycles. The van der Waals surface area contributed by atoms with Gasteiger partial charge in [0, 0.05) is 43.1 Å². The van der Waals surface area contributed by atoms with Crippen molar-refractivity contribution in [1.29, 1.82) is 0 Å². The second-order valence-electron chi connectivity index (χ2n) is 14.4. The van der Waals surface area contributed by atoms with Crippen LogP contribution in [0.25, 0.3) is 121 Å². The summed E-state index contributed by atoms with van der Waals surface area (Å²) in [5.41, 5.74) is 14.1. The summed E-state index contributed by atoms with van der Waals surface area (Å²) in [6, 6.07) is 62.2. The molecule has 0 atom stereocenters. The molecule has 3 heterocycles. The molecule has 1 aliphatic rings. The normalized spacial score (nSPS) is 12.5. The summed E-state index contributed by atoms with van der Waals surface area (Å²) >= 11 is 0. The van der Waals surface area contributed by atoms with E-state index < -0.39 is 0 Å². The van der Waals surface area contributed by atoms with Crippen molar-refractivity contribution in [3.63, 3.8) is 0 Å². The number of fused-ring (bicyclic) bond motifs is 15. The predicted octanol–water partition coefficient (Wildman–Crippen LogP) is 13.7. The second kappa shape index (κ2) is 9.81. The molecule has 0 saturated heterocycles. The molecule has 0 N–H and O–H groups in total. The van der Waals surface area contributed by atoms with Crippen molar-refractivity contribution < 1.29 is 4.42 Å². The molecule has 0 bridgehead atoms. The lowest BCUT2D eigenvalue weighted by Crippen LogP contribution is -2.00. The Morgan fingerprint density at radius 1 is 0.302 bits per heavy atom. The molecule has 3 nitrogen and oxygen atoms in total. The third kappa shape index (κ3) is 3.40. The van der Waals surface area contributed by atoms with E-state index in [1.54, 1.807) is 0 Å². The Morgan fingerprint density at radius 2 is 0.925 bits per heavy atom. The van der Waals surface area contributed by atoms with Gasteiger partial charge >= 0.3 is 0 Å². The highest BCUT2D eigenvalue weighted by atomic mass is 16.3. The zero-order valence-corrected chi connectivity index (χ0v) is 28.5. The molecule has 3 heteroatoms. The van der Waals surface area contributed by atoms with Crippen LogP contribution in [0.2, 0.25) is 0 Å². The van der Waals surface area contributed by atoms with E-state index in [0.29, 0.717) is 0 Å². The maximum Gasteiger partial charge on any atom is 0.136 e. The fourth-order valence-corrected chi connectivity index (χ4v) is 9.75. The van der Waals surface area contributed by atoms with Crippen LogP contribution in [0, 0.1) is 0 Å². The Morgan fingerprint density at radius 3 is 1.83 bits per heavy atom. The SMILES string of the molecule is c1ccc2c(c1)-c1cccc3c(-n4c5ccccc5c5ccc6c7c8c(ccc7n(-c7cccc9ccccc79)c6c54)oc4ccccc48)ccc-2c13. The van der Waals surface area contributed by atoms with E-state index in [9.17, 15) is 0 Å². The number of nitrogens with zero attached hydrogens (tertiary/aromatic N) is 2. The molecule has 0 saturated carbocycles. The fraction of sp³-hybridized carbons (Fsp3) is 0. The summed E-state index contributed by atoms with van der Waals surface area (Å²) in [5.74, 6) is 0. The van der Waals surface area contributed by atoms with Gasteiger partial charge in [0.25, 0.3) is 0 Å². The van der Waals surface area contributed by atoms with Crippen LogP contribution in [0.5, 0.6) is 0 Å². The van der Waals surface area contributed by atoms with Gasteiger partial charge in [0.1, 0.15) is 11.2 Å². The molecule has 9 aromatic carbocycles. The van der Waals surface area contributed by atoms with Crippen molar-refractivity contribution in [2.24, 2.45) is 0 Å². The first-order valence-corrected chi connectivity index (χ1v) is 18.3. The molecule has 0 amide bonds. The molecule has 0 spiro atoms. The second-order valence-corrected chi connectivity index (χ2v) is 14.4. The van der Waals surface area contributed by atoms with Gasteiger partial charge in [-0.3, -0.25) is 0 Å². The first-order chi connectivity index (χ1) is 26.3. The number of furan rings is 1. The first kappa shape index (κ1) is 27.6. The van der Waals surface area contributed by atoms with Crippen LogP contribution in [-0.4, -0.2) is 9.13 Å². The van der Waals surface area contributed by atoms with Crippen molar-refractivity contribution in [1.82, 2.24) is 9.13 Å². The van der Waals surface area contributed by atoms with E-state index in [2.05, 4.69) is 179 Å². The minimum absolute atomic E-state index is 0.906. The number of rotatable bonds is 2. The van der Waals surface area contributed by atoms with E-state index in [1.165, 1.54) is 87.6 Å². The van der Waals surface area contributed by atoms with Gasteiger partial charge in [0.05, 0.1) is 33.4 Å². The molecule has 53 heavy (non-hydrogen) atoms. The number of aromatic nitrogens is 2. The maximum atomic E-state index is 6.51. The highest BCUT2D eigenvalue weighted by Gasteiger charge is 2.27. The van der Waals surface area contributed by atoms with Crippen LogP contribution in [0.1, 0.15) is 0 Å². The van der Waals surface area contributed by atoms with Crippen LogP contribution in [0.4, 0.5) is 0 Å². The van der Waals surface area contributed by atoms with Gasteiger partial charge in [-0.1, -0.05) is 133 Å². The Kier molecular flexibility index (Phi) is 5.11. The van der Waals surface area contributed by atoms with E-state index in [4.69, 9.17) is 4.42 Å². The Labute approximate surface area is 303 Å².